The molecule has 0 aliphatic carbocycles. The molecule has 0 aromatic heterocycles. The van der Waals surface area contributed by atoms with Crippen LogP contribution in [0.4, 0.5) is 26.3 Å². The van der Waals surface area contributed by atoms with Crippen molar-refractivity contribution in [2.24, 2.45) is 0 Å². The molecule has 0 amide bonds. The monoisotopic (exact) mass is 308 g/mol. The van der Waals surface area contributed by atoms with Crippen molar-refractivity contribution in [2.45, 2.75) is 38.4 Å². The lowest BCUT2D eigenvalue weighted by Crippen LogP contribution is -2.50. The molecule has 0 bridgehead atoms. The van der Waals surface area contributed by atoms with Gasteiger partial charge in [-0.3, -0.25) is 0 Å². The number of ether oxygens (including phenoxy) is 2. The fourth-order valence-electron chi connectivity index (χ4n) is 0.814. The third-order valence-electron chi connectivity index (χ3n) is 1.62. The summed E-state index contributed by atoms with van der Waals surface area (Å²) in [5.41, 5.74) is 0. The average molecular weight is 308 g/mol. The maximum atomic E-state index is 12.9. The summed E-state index contributed by atoms with van der Waals surface area (Å²) in [5, 5.41) is 0. The van der Waals surface area contributed by atoms with Crippen LogP contribution < -0.4 is 0 Å². The molecule has 0 N–H and O–H groups in total. The summed E-state index contributed by atoms with van der Waals surface area (Å²) in [7, 11) is 0. The first-order valence-electron chi connectivity index (χ1n) is 5.05. The maximum Gasteiger partial charge on any atom is 0.466 e. The van der Waals surface area contributed by atoms with Gasteiger partial charge in [0.1, 0.15) is 0 Å². The van der Waals surface area contributed by atoms with E-state index in [1.54, 1.807) is 0 Å². The Balaban J connectivity index is 4.81. The van der Waals surface area contributed by atoms with Gasteiger partial charge in [-0.2, -0.15) is 17.6 Å². The first kappa shape index (κ1) is 18.3. The second-order valence-corrected chi connectivity index (χ2v) is 3.68. The normalized spacial score (nSPS) is 15.5. The third kappa shape index (κ3) is 5.10. The molecule has 0 heterocycles. The van der Waals surface area contributed by atoms with Crippen molar-refractivity contribution < 1.29 is 45.4 Å². The predicted molar refractivity (Wildman–Crippen MR) is 52.4 cm³/mol. The largest absolute Gasteiger partial charge is 0.466 e. The highest BCUT2D eigenvalue weighted by Gasteiger charge is 2.66. The number of carbonyl (C=O) groups is 2. The Labute approximate surface area is 109 Å². The molecule has 1 unspecified atom stereocenters. The molecule has 20 heavy (non-hydrogen) atoms. The lowest BCUT2D eigenvalue weighted by atomic mass is 10.3. The zero-order valence-corrected chi connectivity index (χ0v) is 10.2. The number of carbonyl (C=O) groups excluding carboxylic acids is 2. The average Bonchev–Trinajstić information content (AvgIpc) is 2.23. The van der Waals surface area contributed by atoms with Gasteiger partial charge < -0.3 is 9.47 Å². The van der Waals surface area contributed by atoms with Gasteiger partial charge in [-0.1, -0.05) is 0 Å². The van der Waals surface area contributed by atoms with Gasteiger partial charge in [-0.15, -0.1) is 0 Å². The van der Waals surface area contributed by atoms with Crippen LogP contribution in [0.25, 0.3) is 0 Å². The number of rotatable bonds is 5. The number of hydrogen-bond acceptors (Lipinski definition) is 4. The Morgan fingerprint density at radius 2 is 1.45 bits per heavy atom. The Morgan fingerprint density at radius 1 is 1.00 bits per heavy atom. The topological polar surface area (TPSA) is 52.6 Å². The number of halogens is 6. The van der Waals surface area contributed by atoms with Crippen LogP contribution in [0.3, 0.4) is 0 Å². The van der Waals surface area contributed by atoms with Crippen molar-refractivity contribution >= 4 is 11.9 Å². The van der Waals surface area contributed by atoms with E-state index in [4.69, 9.17) is 0 Å². The molecule has 10 heteroatoms. The first-order valence-corrected chi connectivity index (χ1v) is 5.05. The minimum atomic E-state index is -6.12. The quantitative estimate of drug-likeness (QED) is 0.445. The second-order valence-electron chi connectivity index (χ2n) is 3.68. The summed E-state index contributed by atoms with van der Waals surface area (Å²) in [5.74, 6) is -8.69. The van der Waals surface area contributed by atoms with E-state index in [1.807, 2.05) is 0 Å². The molecule has 0 aliphatic rings. The third-order valence-corrected chi connectivity index (χ3v) is 1.62. The molecule has 116 valence electrons. The van der Waals surface area contributed by atoms with Gasteiger partial charge >= 0.3 is 30.4 Å². The van der Waals surface area contributed by atoms with Gasteiger partial charge in [0.15, 0.2) is 0 Å². The SMILES string of the molecule is CC(C)OC(=O)/C=C/C(=O)OC(F)(C(F)F)C(F)(F)F. The van der Waals surface area contributed by atoms with E-state index in [0.717, 1.165) is 0 Å². The van der Waals surface area contributed by atoms with Gasteiger partial charge in [-0.25, -0.2) is 18.4 Å². The van der Waals surface area contributed by atoms with Crippen LogP contribution in [-0.4, -0.2) is 36.5 Å². The molecule has 4 nitrogen and oxygen atoms in total. The maximum absolute atomic E-state index is 12.9. The summed E-state index contributed by atoms with van der Waals surface area (Å²) >= 11 is 0. The Hall–Kier alpha value is -1.74. The van der Waals surface area contributed by atoms with Crippen LogP contribution in [-0.2, 0) is 19.1 Å². The van der Waals surface area contributed by atoms with Crippen molar-refractivity contribution in [1.82, 2.24) is 0 Å². The summed E-state index contributed by atoms with van der Waals surface area (Å²) < 4.78 is 80.6. The Kier molecular flexibility index (Phi) is 6.04. The van der Waals surface area contributed by atoms with E-state index in [0.29, 0.717) is 6.08 Å². The van der Waals surface area contributed by atoms with Crippen molar-refractivity contribution in [3.63, 3.8) is 0 Å². The molecule has 0 rings (SSSR count). The first-order chi connectivity index (χ1) is 8.90. The van der Waals surface area contributed by atoms with E-state index >= 15 is 0 Å². The van der Waals surface area contributed by atoms with Crippen molar-refractivity contribution in [1.29, 1.82) is 0 Å². The van der Waals surface area contributed by atoms with Crippen LogP contribution in [0.2, 0.25) is 0 Å². The Morgan fingerprint density at radius 3 is 1.80 bits per heavy atom. The zero-order chi connectivity index (χ0) is 16.1. The van der Waals surface area contributed by atoms with Gasteiger partial charge in [0.25, 0.3) is 0 Å². The number of hydrogen-bond donors (Lipinski definition) is 0. The summed E-state index contributed by atoms with van der Waals surface area (Å²) in [6.07, 6.45) is -11.0. The molecular weight excluding hydrogens is 298 g/mol. The van der Waals surface area contributed by atoms with Crippen LogP contribution in [0.15, 0.2) is 12.2 Å². The van der Waals surface area contributed by atoms with Crippen LogP contribution in [0, 0.1) is 0 Å². The standard InChI is InChI=1S/C10H10F6O4/c1-5(2)19-6(17)3-4-7(18)20-9(13,8(11)12)10(14,15)16/h3-5,8H,1-2H3/b4-3+. The molecule has 0 spiro atoms. The smallest absolute Gasteiger partial charge is 0.460 e. The molecule has 0 aromatic rings. The van der Waals surface area contributed by atoms with E-state index in [-0.39, 0.29) is 6.08 Å². The lowest BCUT2D eigenvalue weighted by molar-refractivity contribution is -0.354. The molecule has 0 aliphatic heterocycles. The predicted octanol–water partition coefficient (Wildman–Crippen LogP) is 2.53. The number of esters is 2. The molecule has 0 aromatic carbocycles. The highest BCUT2D eigenvalue weighted by molar-refractivity contribution is 5.91. The molecule has 0 saturated carbocycles. The molecule has 0 radical (unpaired) electrons. The summed E-state index contributed by atoms with van der Waals surface area (Å²) in [6.45, 7) is 2.88. The minimum Gasteiger partial charge on any atom is -0.460 e. The fourth-order valence-corrected chi connectivity index (χ4v) is 0.814. The van der Waals surface area contributed by atoms with E-state index < -0.39 is 36.5 Å². The van der Waals surface area contributed by atoms with Gasteiger partial charge in [0.05, 0.1) is 6.10 Å². The molecule has 0 saturated heterocycles. The zero-order valence-electron chi connectivity index (χ0n) is 10.2. The van der Waals surface area contributed by atoms with E-state index in [9.17, 15) is 35.9 Å². The molecular formula is C10H10F6O4. The lowest BCUT2D eigenvalue weighted by Gasteiger charge is -2.25. The molecule has 0 fully saturated rings. The van der Waals surface area contributed by atoms with Crippen LogP contribution >= 0.6 is 0 Å². The number of alkyl halides is 6. The van der Waals surface area contributed by atoms with E-state index in [1.165, 1.54) is 13.8 Å². The van der Waals surface area contributed by atoms with Crippen molar-refractivity contribution in [2.75, 3.05) is 0 Å². The highest BCUT2D eigenvalue weighted by Crippen LogP contribution is 2.39. The van der Waals surface area contributed by atoms with Crippen LogP contribution in [0.1, 0.15) is 13.8 Å². The summed E-state index contributed by atoms with van der Waals surface area (Å²) in [4.78, 5) is 21.7. The van der Waals surface area contributed by atoms with Gasteiger partial charge in [-0.05, 0) is 13.8 Å². The summed E-state index contributed by atoms with van der Waals surface area (Å²) in [6, 6.07) is 0. The highest BCUT2D eigenvalue weighted by atomic mass is 19.4. The van der Waals surface area contributed by atoms with Crippen molar-refractivity contribution in [3.05, 3.63) is 12.2 Å². The van der Waals surface area contributed by atoms with Gasteiger partial charge in [0, 0.05) is 12.2 Å². The second kappa shape index (κ2) is 6.62. The minimum absolute atomic E-state index is 0.0488. The van der Waals surface area contributed by atoms with E-state index in [2.05, 4.69) is 9.47 Å². The van der Waals surface area contributed by atoms with Gasteiger partial charge in [0.2, 0.25) is 0 Å². The van der Waals surface area contributed by atoms with Crippen molar-refractivity contribution in [3.8, 4) is 0 Å². The molecule has 1 atom stereocenters. The Bertz CT molecular complexity index is 390. The van der Waals surface area contributed by atoms with Crippen LogP contribution in [0.5, 0.6) is 0 Å². The fraction of sp³-hybridized carbons (Fsp3) is 0.600.